The third-order valence-corrected chi connectivity index (χ3v) is 9.37. The second-order valence-corrected chi connectivity index (χ2v) is 11.6. The van der Waals surface area contributed by atoms with Crippen LogP contribution in [0.3, 0.4) is 0 Å². The SMILES string of the molecule is COC(=O)CCCC1C2CCCN3CCCC(CN1C(=O)CN1CCN(c4cccc(C(F)(F)F)c4)CC1)C23.Cl.Cl. The molecule has 4 heterocycles. The van der Waals surface area contributed by atoms with Crippen LogP contribution in [0.5, 0.6) is 0 Å². The van der Waals surface area contributed by atoms with Crippen molar-refractivity contribution in [3.8, 4) is 0 Å². The summed E-state index contributed by atoms with van der Waals surface area (Å²) in [5, 5.41) is 0. The Bertz CT molecular complexity index is 1020. The van der Waals surface area contributed by atoms with Crippen LogP contribution in [0.25, 0.3) is 0 Å². The molecule has 4 saturated heterocycles. The van der Waals surface area contributed by atoms with E-state index < -0.39 is 11.7 Å². The number of esters is 1. The highest BCUT2D eigenvalue weighted by Crippen LogP contribution is 2.43. The van der Waals surface area contributed by atoms with Crippen molar-refractivity contribution in [1.82, 2.24) is 14.7 Å². The second kappa shape index (κ2) is 14.6. The quantitative estimate of drug-likeness (QED) is 0.410. The molecule has 1 aromatic rings. The molecule has 7 nitrogen and oxygen atoms in total. The average Bonchev–Trinajstić information content (AvgIpc) is 2.94. The van der Waals surface area contributed by atoms with Crippen LogP contribution < -0.4 is 4.90 Å². The largest absolute Gasteiger partial charge is 0.469 e. The van der Waals surface area contributed by atoms with E-state index in [0.29, 0.717) is 69.1 Å². The maximum Gasteiger partial charge on any atom is 0.416 e. The smallest absolute Gasteiger partial charge is 0.416 e. The minimum Gasteiger partial charge on any atom is -0.469 e. The monoisotopic (exact) mass is 622 g/mol. The number of anilines is 1. The summed E-state index contributed by atoms with van der Waals surface area (Å²) in [5.74, 6) is 0.884. The number of carbonyl (C=O) groups excluding carboxylic acids is 2. The molecule has 0 aliphatic carbocycles. The summed E-state index contributed by atoms with van der Waals surface area (Å²) in [6, 6.07) is 6.15. The molecule has 0 bridgehead atoms. The van der Waals surface area contributed by atoms with Gasteiger partial charge in [0.15, 0.2) is 0 Å². The lowest BCUT2D eigenvalue weighted by atomic mass is 9.69. The number of rotatable bonds is 7. The molecule has 1 amide bonds. The topological polar surface area (TPSA) is 56.3 Å². The van der Waals surface area contributed by atoms with E-state index >= 15 is 0 Å². The molecule has 4 fully saturated rings. The highest BCUT2D eigenvalue weighted by molar-refractivity contribution is 5.85. The average molecular weight is 624 g/mol. The van der Waals surface area contributed by atoms with Crippen LogP contribution in [0, 0.1) is 11.8 Å². The van der Waals surface area contributed by atoms with Crippen LogP contribution >= 0.6 is 24.8 Å². The summed E-state index contributed by atoms with van der Waals surface area (Å²) < 4.78 is 44.4. The Hall–Kier alpha value is -1.75. The number of alkyl halides is 3. The molecular formula is C29H43Cl2F3N4O3. The van der Waals surface area contributed by atoms with E-state index in [4.69, 9.17) is 4.74 Å². The molecule has 0 aromatic heterocycles. The van der Waals surface area contributed by atoms with E-state index in [1.54, 1.807) is 6.07 Å². The van der Waals surface area contributed by atoms with Crippen molar-refractivity contribution in [3.63, 3.8) is 0 Å². The Labute approximate surface area is 253 Å². The van der Waals surface area contributed by atoms with Crippen LogP contribution in [0.4, 0.5) is 18.9 Å². The number of methoxy groups -OCH3 is 1. The number of likely N-dealkylation sites (tertiary alicyclic amines) is 1. The lowest BCUT2D eigenvalue weighted by Gasteiger charge is -2.57. The first-order valence-electron chi connectivity index (χ1n) is 14.5. The number of hydrogen-bond acceptors (Lipinski definition) is 6. The number of amides is 1. The van der Waals surface area contributed by atoms with Crippen LogP contribution in [0.15, 0.2) is 24.3 Å². The van der Waals surface area contributed by atoms with Gasteiger partial charge in [0.2, 0.25) is 5.91 Å². The van der Waals surface area contributed by atoms with Crippen LogP contribution in [-0.2, 0) is 20.5 Å². The van der Waals surface area contributed by atoms with Crippen LogP contribution in [0.1, 0.15) is 50.5 Å². The third kappa shape index (κ3) is 7.80. The molecule has 1 aromatic carbocycles. The van der Waals surface area contributed by atoms with Crippen LogP contribution in [0.2, 0.25) is 0 Å². The zero-order valence-electron chi connectivity index (χ0n) is 23.7. The Balaban J connectivity index is 0.00000231. The molecule has 0 radical (unpaired) electrons. The van der Waals surface area contributed by atoms with Gasteiger partial charge in [-0.25, -0.2) is 0 Å². The fourth-order valence-corrected chi connectivity index (χ4v) is 7.53. The number of halogens is 5. The van der Waals surface area contributed by atoms with E-state index in [1.165, 1.54) is 25.7 Å². The number of piperazine rings is 1. The molecule has 4 atom stereocenters. The van der Waals surface area contributed by atoms with Crippen molar-refractivity contribution in [2.75, 3.05) is 64.4 Å². The predicted molar refractivity (Wildman–Crippen MR) is 157 cm³/mol. The first-order valence-corrected chi connectivity index (χ1v) is 14.5. The van der Waals surface area contributed by atoms with Gasteiger partial charge in [-0.1, -0.05) is 6.07 Å². The Morgan fingerprint density at radius 3 is 2.39 bits per heavy atom. The Kier molecular flexibility index (Phi) is 12.0. The fourth-order valence-electron chi connectivity index (χ4n) is 7.53. The van der Waals surface area contributed by atoms with Gasteiger partial charge in [0.25, 0.3) is 0 Å². The Morgan fingerprint density at radius 1 is 1.00 bits per heavy atom. The molecule has 4 aliphatic heterocycles. The van der Waals surface area contributed by atoms with E-state index in [0.717, 1.165) is 51.4 Å². The van der Waals surface area contributed by atoms with Gasteiger partial charge in [-0.15, -0.1) is 24.8 Å². The first-order chi connectivity index (χ1) is 18.7. The maximum atomic E-state index is 13.8. The molecule has 0 N–H and O–H groups in total. The fraction of sp³-hybridized carbons (Fsp3) is 0.724. The summed E-state index contributed by atoms with van der Waals surface area (Å²) in [6.45, 7) is 5.84. The number of benzene rings is 1. The predicted octanol–water partition coefficient (Wildman–Crippen LogP) is 4.72. The van der Waals surface area contributed by atoms with Gasteiger partial charge in [0.1, 0.15) is 0 Å². The summed E-state index contributed by atoms with van der Waals surface area (Å²) in [7, 11) is 1.41. The minimum atomic E-state index is -4.36. The van der Waals surface area contributed by atoms with Crippen LogP contribution in [-0.4, -0.2) is 98.1 Å². The van der Waals surface area contributed by atoms with Gasteiger partial charge in [0, 0.05) is 56.9 Å². The molecular weight excluding hydrogens is 580 g/mol. The lowest BCUT2D eigenvalue weighted by molar-refractivity contribution is -0.148. The van der Waals surface area contributed by atoms with Gasteiger partial charge in [-0.3, -0.25) is 19.4 Å². The summed E-state index contributed by atoms with van der Waals surface area (Å²) in [4.78, 5) is 34.5. The lowest BCUT2D eigenvalue weighted by Crippen LogP contribution is -2.66. The number of ether oxygens (including phenoxy) is 1. The Morgan fingerprint density at radius 2 is 1.71 bits per heavy atom. The molecule has 0 saturated carbocycles. The van der Waals surface area contributed by atoms with E-state index in [-0.39, 0.29) is 42.7 Å². The summed E-state index contributed by atoms with van der Waals surface area (Å²) in [6.07, 6.45) is 2.15. The van der Waals surface area contributed by atoms with Gasteiger partial charge < -0.3 is 14.5 Å². The van der Waals surface area contributed by atoms with Crippen molar-refractivity contribution < 1.29 is 27.5 Å². The van der Waals surface area contributed by atoms with Crippen molar-refractivity contribution in [1.29, 1.82) is 0 Å². The van der Waals surface area contributed by atoms with E-state index in [2.05, 4.69) is 14.7 Å². The standard InChI is InChI=1S/C29H41F3N4O3.2ClH/c1-39-27(38)11-3-10-25-24-9-5-13-35-12-4-6-21(28(24)35)19-36(25)26(37)20-33-14-16-34(17-15-33)23-8-2-7-22(18-23)29(30,31)32;;/h2,7-8,18,21,24-25,28H,3-6,9-17,19-20H2,1H3;2*1H. The zero-order valence-corrected chi connectivity index (χ0v) is 25.3. The van der Waals surface area contributed by atoms with Crippen molar-refractivity contribution in [2.24, 2.45) is 11.8 Å². The molecule has 12 heteroatoms. The molecule has 0 spiro atoms. The van der Waals surface area contributed by atoms with Crippen molar-refractivity contribution >= 4 is 42.4 Å². The molecule has 4 unspecified atom stereocenters. The normalized spacial score (nSPS) is 26.8. The molecule has 41 heavy (non-hydrogen) atoms. The number of carbonyl (C=O) groups is 2. The van der Waals surface area contributed by atoms with Gasteiger partial charge in [-0.05, 0) is 81.6 Å². The third-order valence-electron chi connectivity index (χ3n) is 9.37. The van der Waals surface area contributed by atoms with Crippen molar-refractivity contribution in [3.05, 3.63) is 29.8 Å². The van der Waals surface area contributed by atoms with Gasteiger partial charge in [0.05, 0.1) is 19.2 Å². The van der Waals surface area contributed by atoms with Crippen molar-refractivity contribution in [2.45, 2.75) is 63.2 Å². The van der Waals surface area contributed by atoms with E-state index in [1.807, 2.05) is 4.90 Å². The molecule has 232 valence electrons. The summed E-state index contributed by atoms with van der Waals surface area (Å²) in [5.41, 5.74) is -0.0639. The van der Waals surface area contributed by atoms with E-state index in [9.17, 15) is 22.8 Å². The zero-order chi connectivity index (χ0) is 27.6. The second-order valence-electron chi connectivity index (χ2n) is 11.6. The maximum absolute atomic E-state index is 13.8. The highest BCUT2D eigenvalue weighted by atomic mass is 35.5. The number of piperidine rings is 3. The van der Waals surface area contributed by atoms with Gasteiger partial charge >= 0.3 is 12.1 Å². The molecule has 5 rings (SSSR count). The van der Waals surface area contributed by atoms with Gasteiger partial charge in [-0.2, -0.15) is 13.2 Å². The first kappa shape index (κ1) is 33.7. The number of hydrogen-bond donors (Lipinski definition) is 0. The number of nitrogens with zero attached hydrogens (tertiary/aromatic N) is 4. The summed E-state index contributed by atoms with van der Waals surface area (Å²) >= 11 is 0. The molecule has 4 aliphatic rings. The highest BCUT2D eigenvalue weighted by Gasteiger charge is 2.49. The minimum absolute atomic E-state index is 0.